The number of hydrogen-bond acceptors (Lipinski definition) is 3. The molecule has 0 saturated heterocycles. The van der Waals surface area contributed by atoms with Crippen molar-refractivity contribution in [3.8, 4) is 0 Å². The smallest absolute Gasteiger partial charge is 0.303 e. The number of nitrogens with zero attached hydrogens (tertiary/aromatic N) is 2. The molecule has 2 rings (SSSR count). The van der Waals surface area contributed by atoms with Gasteiger partial charge in [-0.2, -0.15) is 0 Å². The Morgan fingerprint density at radius 2 is 2.19 bits per heavy atom. The monoisotopic (exact) mass is 216 g/mol. The summed E-state index contributed by atoms with van der Waals surface area (Å²) in [4.78, 5) is 18.8. The Morgan fingerprint density at radius 1 is 1.38 bits per heavy atom. The molecule has 0 saturated carbocycles. The van der Waals surface area contributed by atoms with Gasteiger partial charge < -0.3 is 5.11 Å². The molecule has 0 aliphatic carbocycles. The fourth-order valence-electron chi connectivity index (χ4n) is 1.65. The van der Waals surface area contributed by atoms with E-state index in [1.165, 1.54) is 6.33 Å². The van der Waals surface area contributed by atoms with Crippen LogP contribution in [0.25, 0.3) is 10.9 Å². The van der Waals surface area contributed by atoms with Gasteiger partial charge in [0, 0.05) is 11.8 Å². The lowest BCUT2D eigenvalue weighted by molar-refractivity contribution is -0.136. The van der Waals surface area contributed by atoms with E-state index in [1.807, 2.05) is 25.1 Å². The third kappa shape index (κ3) is 2.16. The molecule has 2 aromatic rings. The molecule has 4 nitrogen and oxygen atoms in total. The molecular weight excluding hydrogens is 204 g/mol. The molecule has 1 aromatic heterocycles. The van der Waals surface area contributed by atoms with E-state index in [9.17, 15) is 4.79 Å². The lowest BCUT2D eigenvalue weighted by Crippen LogP contribution is -2.00. The average Bonchev–Trinajstić information content (AvgIpc) is 2.26. The predicted molar refractivity (Wildman–Crippen MR) is 60.2 cm³/mol. The molecule has 0 aliphatic rings. The van der Waals surface area contributed by atoms with Crippen LogP contribution in [-0.4, -0.2) is 21.0 Å². The summed E-state index contributed by atoms with van der Waals surface area (Å²) in [5, 5.41) is 9.61. The van der Waals surface area contributed by atoms with Crippen LogP contribution in [0.4, 0.5) is 0 Å². The van der Waals surface area contributed by atoms with Crippen LogP contribution in [-0.2, 0) is 11.2 Å². The predicted octanol–water partition coefficient (Wildman–Crippen LogP) is 1.96. The first kappa shape index (κ1) is 10.5. The van der Waals surface area contributed by atoms with Crippen molar-refractivity contribution in [3.05, 3.63) is 35.8 Å². The van der Waals surface area contributed by atoms with Gasteiger partial charge in [-0.05, 0) is 19.1 Å². The molecule has 1 heterocycles. The molecule has 0 bridgehead atoms. The molecule has 0 fully saturated rings. The molecule has 0 atom stereocenters. The maximum absolute atomic E-state index is 10.5. The van der Waals surface area contributed by atoms with Gasteiger partial charge in [0.1, 0.15) is 6.33 Å². The zero-order valence-electron chi connectivity index (χ0n) is 8.97. The molecule has 0 aliphatic heterocycles. The van der Waals surface area contributed by atoms with Crippen molar-refractivity contribution in [2.24, 2.45) is 0 Å². The van der Waals surface area contributed by atoms with E-state index in [4.69, 9.17) is 5.11 Å². The zero-order chi connectivity index (χ0) is 11.5. The molecule has 82 valence electrons. The number of aliphatic carboxylic acids is 1. The van der Waals surface area contributed by atoms with Crippen molar-refractivity contribution in [1.82, 2.24) is 9.97 Å². The highest BCUT2D eigenvalue weighted by molar-refractivity contribution is 5.81. The number of carboxylic acid groups (broad SMARTS) is 1. The van der Waals surface area contributed by atoms with E-state index in [1.54, 1.807) is 0 Å². The van der Waals surface area contributed by atoms with Crippen LogP contribution >= 0.6 is 0 Å². The summed E-state index contributed by atoms with van der Waals surface area (Å²) >= 11 is 0. The summed E-state index contributed by atoms with van der Waals surface area (Å²) in [7, 11) is 0. The number of aromatic nitrogens is 2. The quantitative estimate of drug-likeness (QED) is 0.851. The lowest BCUT2D eigenvalue weighted by atomic mass is 10.1. The number of rotatable bonds is 3. The summed E-state index contributed by atoms with van der Waals surface area (Å²) in [5.74, 6) is -0.806. The zero-order valence-corrected chi connectivity index (χ0v) is 8.97. The Hall–Kier alpha value is -1.97. The van der Waals surface area contributed by atoms with E-state index in [-0.39, 0.29) is 6.42 Å². The van der Waals surface area contributed by atoms with Crippen LogP contribution in [0.5, 0.6) is 0 Å². The van der Waals surface area contributed by atoms with Gasteiger partial charge in [0.25, 0.3) is 0 Å². The minimum Gasteiger partial charge on any atom is -0.481 e. The van der Waals surface area contributed by atoms with E-state index < -0.39 is 5.97 Å². The van der Waals surface area contributed by atoms with Crippen LogP contribution in [0.15, 0.2) is 24.5 Å². The van der Waals surface area contributed by atoms with Crippen LogP contribution in [0.1, 0.15) is 17.7 Å². The normalized spacial score (nSPS) is 10.6. The largest absolute Gasteiger partial charge is 0.481 e. The first-order chi connectivity index (χ1) is 7.66. The highest BCUT2D eigenvalue weighted by Crippen LogP contribution is 2.17. The molecule has 0 radical (unpaired) electrons. The van der Waals surface area contributed by atoms with Crippen molar-refractivity contribution in [2.45, 2.75) is 19.8 Å². The molecule has 1 aromatic carbocycles. The highest BCUT2D eigenvalue weighted by atomic mass is 16.4. The summed E-state index contributed by atoms with van der Waals surface area (Å²) in [6.07, 6.45) is 2.02. The van der Waals surface area contributed by atoms with Gasteiger partial charge >= 0.3 is 5.97 Å². The Morgan fingerprint density at radius 3 is 2.94 bits per heavy atom. The number of fused-ring (bicyclic) bond motifs is 1. The van der Waals surface area contributed by atoms with Crippen LogP contribution in [0.2, 0.25) is 0 Å². The van der Waals surface area contributed by atoms with E-state index in [2.05, 4.69) is 9.97 Å². The standard InChI is InChI=1S/C12H12N2O2/c1-8-2-3-10-9(6-8)11(14-7-13-10)4-5-12(15)16/h2-3,6-7H,4-5H2,1H3,(H,15,16). The Bertz CT molecular complexity index is 538. The van der Waals surface area contributed by atoms with E-state index in [0.29, 0.717) is 6.42 Å². The van der Waals surface area contributed by atoms with Crippen molar-refractivity contribution in [1.29, 1.82) is 0 Å². The molecule has 4 heteroatoms. The van der Waals surface area contributed by atoms with E-state index >= 15 is 0 Å². The summed E-state index contributed by atoms with van der Waals surface area (Å²) in [5.41, 5.74) is 2.79. The minimum atomic E-state index is -0.806. The number of hydrogen-bond donors (Lipinski definition) is 1. The average molecular weight is 216 g/mol. The molecule has 0 unspecified atom stereocenters. The minimum absolute atomic E-state index is 0.0973. The Balaban J connectivity index is 2.43. The lowest BCUT2D eigenvalue weighted by Gasteiger charge is -2.04. The maximum atomic E-state index is 10.5. The Kier molecular flexibility index (Phi) is 2.81. The van der Waals surface area contributed by atoms with Crippen molar-refractivity contribution < 1.29 is 9.90 Å². The molecule has 0 spiro atoms. The van der Waals surface area contributed by atoms with Crippen LogP contribution in [0, 0.1) is 6.92 Å². The van der Waals surface area contributed by atoms with Crippen molar-refractivity contribution in [2.75, 3.05) is 0 Å². The van der Waals surface area contributed by atoms with Crippen molar-refractivity contribution >= 4 is 16.9 Å². The van der Waals surface area contributed by atoms with Crippen LogP contribution in [0.3, 0.4) is 0 Å². The van der Waals surface area contributed by atoms with Gasteiger partial charge in [0.05, 0.1) is 17.6 Å². The van der Waals surface area contributed by atoms with Gasteiger partial charge in [-0.1, -0.05) is 11.6 Å². The Labute approximate surface area is 93.0 Å². The number of carboxylic acids is 1. The van der Waals surface area contributed by atoms with E-state index in [0.717, 1.165) is 22.2 Å². The number of benzene rings is 1. The van der Waals surface area contributed by atoms with Gasteiger partial charge in [-0.15, -0.1) is 0 Å². The number of aryl methyl sites for hydroxylation is 2. The molecular formula is C12H12N2O2. The van der Waals surface area contributed by atoms with Crippen molar-refractivity contribution in [3.63, 3.8) is 0 Å². The van der Waals surface area contributed by atoms with Gasteiger partial charge in [-0.25, -0.2) is 9.97 Å². The molecule has 16 heavy (non-hydrogen) atoms. The first-order valence-electron chi connectivity index (χ1n) is 5.09. The topological polar surface area (TPSA) is 63.1 Å². The third-order valence-electron chi connectivity index (χ3n) is 2.45. The second kappa shape index (κ2) is 4.26. The fourth-order valence-corrected chi connectivity index (χ4v) is 1.65. The highest BCUT2D eigenvalue weighted by Gasteiger charge is 2.06. The SMILES string of the molecule is Cc1ccc2ncnc(CCC(=O)O)c2c1. The fraction of sp³-hybridized carbons (Fsp3) is 0.250. The maximum Gasteiger partial charge on any atom is 0.303 e. The summed E-state index contributed by atoms with van der Waals surface area (Å²) in [6, 6.07) is 5.90. The van der Waals surface area contributed by atoms with Gasteiger partial charge in [-0.3, -0.25) is 4.79 Å². The second-order valence-electron chi connectivity index (χ2n) is 3.73. The number of carbonyl (C=O) groups is 1. The van der Waals surface area contributed by atoms with Crippen LogP contribution < -0.4 is 0 Å². The van der Waals surface area contributed by atoms with Gasteiger partial charge in [0.15, 0.2) is 0 Å². The first-order valence-corrected chi connectivity index (χ1v) is 5.09. The molecule has 0 amide bonds. The summed E-state index contributed by atoms with van der Waals surface area (Å²) < 4.78 is 0. The molecule has 1 N–H and O–H groups in total. The third-order valence-corrected chi connectivity index (χ3v) is 2.45. The summed E-state index contributed by atoms with van der Waals surface area (Å²) in [6.45, 7) is 1.99. The second-order valence-corrected chi connectivity index (χ2v) is 3.73. The van der Waals surface area contributed by atoms with Gasteiger partial charge in [0.2, 0.25) is 0 Å².